The van der Waals surface area contributed by atoms with E-state index in [-0.39, 0.29) is 21.9 Å². The minimum atomic E-state index is -0.482. The van der Waals surface area contributed by atoms with Crippen LogP contribution in [-0.4, -0.2) is 78.4 Å². The van der Waals surface area contributed by atoms with Crippen molar-refractivity contribution in [3.63, 3.8) is 0 Å². The Morgan fingerprint density at radius 1 is 0.950 bits per heavy atom. The number of fused-ring (bicyclic) bond motifs is 4. The van der Waals surface area contributed by atoms with Crippen LogP contribution in [0.3, 0.4) is 0 Å². The Labute approximate surface area is 238 Å². The third kappa shape index (κ3) is 4.42. The molecule has 3 aliphatic heterocycles. The highest BCUT2D eigenvalue weighted by atomic mass is 35.5. The summed E-state index contributed by atoms with van der Waals surface area (Å²) in [5, 5.41) is 16.7. The molecule has 7 rings (SSSR count). The van der Waals surface area contributed by atoms with E-state index in [0.717, 1.165) is 68.5 Å². The standard InChI is InChI=1S/C31H34ClFN6O/c1-37(2)21-9-11-38(12-10-21)31-35-29-25(30(36-31)39-16-19-7-8-20(17-39)34-19)15-26(32)27(28(29)33)24-14-22(40)13-18-5-3-4-6-23(18)24/h3-6,13-15,19-21,34,40H,7-12,16-17H2,1-2H3. The maximum absolute atomic E-state index is 16.8. The Morgan fingerprint density at radius 2 is 1.68 bits per heavy atom. The van der Waals surface area contributed by atoms with Crippen molar-refractivity contribution in [3.8, 4) is 16.9 Å². The fourth-order valence-corrected chi connectivity index (χ4v) is 7.15. The predicted octanol–water partition coefficient (Wildman–Crippen LogP) is 5.42. The molecule has 3 aliphatic rings. The second-order valence-electron chi connectivity index (χ2n) is 11.7. The summed E-state index contributed by atoms with van der Waals surface area (Å²) in [6.45, 7) is 3.28. The number of piperidine rings is 1. The first-order valence-corrected chi connectivity index (χ1v) is 14.6. The molecule has 0 spiro atoms. The summed E-state index contributed by atoms with van der Waals surface area (Å²) in [5.41, 5.74) is 1.07. The van der Waals surface area contributed by atoms with E-state index in [0.29, 0.717) is 35.0 Å². The van der Waals surface area contributed by atoms with E-state index in [9.17, 15) is 5.11 Å². The Bertz CT molecular complexity index is 1590. The maximum atomic E-state index is 16.8. The van der Waals surface area contributed by atoms with E-state index in [1.807, 2.05) is 30.3 Å². The molecule has 0 amide bonds. The van der Waals surface area contributed by atoms with Gasteiger partial charge in [-0.2, -0.15) is 4.98 Å². The number of benzene rings is 3. The van der Waals surface area contributed by atoms with Crippen molar-refractivity contribution in [2.24, 2.45) is 0 Å². The van der Waals surface area contributed by atoms with Crippen LogP contribution in [0.2, 0.25) is 5.02 Å². The Hall–Kier alpha value is -3.20. The maximum Gasteiger partial charge on any atom is 0.228 e. The number of hydrogen-bond acceptors (Lipinski definition) is 7. The van der Waals surface area contributed by atoms with Crippen molar-refractivity contribution in [2.45, 2.75) is 43.8 Å². The van der Waals surface area contributed by atoms with Gasteiger partial charge in [0, 0.05) is 55.3 Å². The van der Waals surface area contributed by atoms with Crippen molar-refractivity contribution >= 4 is 45.0 Å². The predicted molar refractivity (Wildman–Crippen MR) is 160 cm³/mol. The van der Waals surface area contributed by atoms with E-state index in [2.05, 4.69) is 34.1 Å². The van der Waals surface area contributed by atoms with Crippen LogP contribution in [0.1, 0.15) is 25.7 Å². The number of hydrogen-bond donors (Lipinski definition) is 2. The number of halogens is 2. The van der Waals surface area contributed by atoms with E-state index >= 15 is 4.39 Å². The first-order valence-electron chi connectivity index (χ1n) is 14.2. The van der Waals surface area contributed by atoms with Crippen molar-refractivity contribution in [3.05, 3.63) is 53.3 Å². The zero-order valence-corrected chi connectivity index (χ0v) is 23.6. The number of phenols is 1. The molecule has 2 N–H and O–H groups in total. The molecule has 0 aliphatic carbocycles. The number of nitrogens with one attached hydrogen (secondary N) is 1. The minimum Gasteiger partial charge on any atom is -0.508 e. The summed E-state index contributed by atoms with van der Waals surface area (Å²) in [4.78, 5) is 16.7. The van der Waals surface area contributed by atoms with Crippen LogP contribution in [0.15, 0.2) is 42.5 Å². The molecule has 1 aromatic heterocycles. The molecule has 4 heterocycles. The summed E-state index contributed by atoms with van der Waals surface area (Å²) in [5.74, 6) is 0.901. The van der Waals surface area contributed by atoms with Crippen LogP contribution < -0.4 is 15.1 Å². The number of anilines is 2. The topological polar surface area (TPSA) is 67.8 Å². The lowest BCUT2D eigenvalue weighted by atomic mass is 9.96. The molecule has 3 saturated heterocycles. The van der Waals surface area contributed by atoms with Crippen LogP contribution in [0.25, 0.3) is 32.8 Å². The molecule has 0 radical (unpaired) electrons. The molecule has 4 aromatic rings. The average molecular weight is 561 g/mol. The number of rotatable bonds is 4. The molecule has 40 heavy (non-hydrogen) atoms. The fraction of sp³-hybridized carbons (Fsp3) is 0.419. The van der Waals surface area contributed by atoms with Gasteiger partial charge in [-0.3, -0.25) is 0 Å². The summed E-state index contributed by atoms with van der Waals surface area (Å²) in [6.07, 6.45) is 4.29. The van der Waals surface area contributed by atoms with E-state index in [4.69, 9.17) is 21.6 Å². The van der Waals surface area contributed by atoms with E-state index in [1.165, 1.54) is 0 Å². The van der Waals surface area contributed by atoms with Gasteiger partial charge in [-0.1, -0.05) is 35.9 Å². The lowest BCUT2D eigenvalue weighted by Gasteiger charge is -2.37. The van der Waals surface area contributed by atoms with Gasteiger partial charge in [-0.05, 0) is 74.3 Å². The van der Waals surface area contributed by atoms with Gasteiger partial charge in [-0.15, -0.1) is 0 Å². The highest BCUT2D eigenvalue weighted by Crippen LogP contribution is 2.43. The second kappa shape index (κ2) is 10.0. The lowest BCUT2D eigenvalue weighted by Crippen LogP contribution is -2.51. The highest BCUT2D eigenvalue weighted by Gasteiger charge is 2.35. The van der Waals surface area contributed by atoms with Crippen LogP contribution in [0.4, 0.5) is 16.2 Å². The van der Waals surface area contributed by atoms with Gasteiger partial charge < -0.3 is 25.1 Å². The Balaban J connectivity index is 1.41. The highest BCUT2D eigenvalue weighted by molar-refractivity contribution is 6.35. The number of piperazine rings is 1. The second-order valence-corrected chi connectivity index (χ2v) is 12.1. The molecule has 3 fully saturated rings. The van der Waals surface area contributed by atoms with Crippen LogP contribution >= 0.6 is 11.6 Å². The Kier molecular flexibility index (Phi) is 6.45. The zero-order valence-electron chi connectivity index (χ0n) is 22.9. The molecule has 9 heteroatoms. The van der Waals surface area contributed by atoms with Gasteiger partial charge in [0.1, 0.15) is 17.1 Å². The number of aromatic nitrogens is 2. The molecule has 2 bridgehead atoms. The van der Waals surface area contributed by atoms with Crippen molar-refractivity contribution < 1.29 is 9.50 Å². The fourth-order valence-electron chi connectivity index (χ4n) is 6.85. The van der Waals surface area contributed by atoms with Crippen LogP contribution in [0, 0.1) is 5.82 Å². The quantitative estimate of drug-likeness (QED) is 0.345. The molecular weight excluding hydrogens is 527 g/mol. The molecule has 2 unspecified atom stereocenters. The smallest absolute Gasteiger partial charge is 0.228 e. The summed E-state index contributed by atoms with van der Waals surface area (Å²) in [6, 6.07) is 14.0. The molecular formula is C31H34ClFN6O. The largest absolute Gasteiger partial charge is 0.508 e. The molecule has 2 atom stereocenters. The normalized spacial score (nSPS) is 21.7. The monoisotopic (exact) mass is 560 g/mol. The lowest BCUT2D eigenvalue weighted by molar-refractivity contribution is 0.249. The molecule has 0 saturated carbocycles. The first kappa shape index (κ1) is 25.7. The van der Waals surface area contributed by atoms with E-state index < -0.39 is 5.82 Å². The first-order chi connectivity index (χ1) is 19.4. The van der Waals surface area contributed by atoms with Gasteiger partial charge in [0.05, 0.1) is 5.02 Å². The average Bonchev–Trinajstić information content (AvgIpc) is 3.29. The van der Waals surface area contributed by atoms with Crippen molar-refractivity contribution in [1.82, 2.24) is 20.2 Å². The van der Waals surface area contributed by atoms with Gasteiger partial charge in [0.2, 0.25) is 5.95 Å². The number of phenolic OH excluding ortho intramolecular Hbond substituents is 1. The summed E-state index contributed by atoms with van der Waals surface area (Å²) >= 11 is 6.89. The number of aromatic hydroxyl groups is 1. The van der Waals surface area contributed by atoms with Crippen molar-refractivity contribution in [2.75, 3.05) is 50.1 Å². The van der Waals surface area contributed by atoms with Gasteiger partial charge in [0.15, 0.2) is 5.82 Å². The van der Waals surface area contributed by atoms with Gasteiger partial charge in [-0.25, -0.2) is 9.37 Å². The number of nitrogens with zero attached hydrogens (tertiary/aromatic N) is 5. The van der Waals surface area contributed by atoms with Crippen molar-refractivity contribution in [1.29, 1.82) is 0 Å². The molecule has 7 nitrogen and oxygen atoms in total. The van der Waals surface area contributed by atoms with Gasteiger partial charge in [0.25, 0.3) is 0 Å². The SMILES string of the molecule is CN(C)C1CCN(c2nc(N3CC4CCC(C3)N4)c3cc(Cl)c(-c4cc(O)cc5ccccc45)c(F)c3n2)CC1. The zero-order chi connectivity index (χ0) is 27.5. The molecule has 3 aromatic carbocycles. The van der Waals surface area contributed by atoms with Gasteiger partial charge >= 0.3 is 0 Å². The third-order valence-corrected chi connectivity index (χ3v) is 9.26. The van der Waals surface area contributed by atoms with Crippen LogP contribution in [-0.2, 0) is 0 Å². The summed E-state index contributed by atoms with van der Waals surface area (Å²) in [7, 11) is 4.24. The van der Waals surface area contributed by atoms with E-state index in [1.54, 1.807) is 12.1 Å². The Morgan fingerprint density at radius 3 is 2.40 bits per heavy atom. The third-order valence-electron chi connectivity index (χ3n) is 8.96. The molecule has 208 valence electrons. The minimum absolute atomic E-state index is 0.0633. The summed E-state index contributed by atoms with van der Waals surface area (Å²) < 4.78 is 16.8. The van der Waals surface area contributed by atoms with Crippen LogP contribution in [0.5, 0.6) is 5.75 Å².